The Bertz CT molecular complexity index is 1010. The van der Waals surface area contributed by atoms with Crippen LogP contribution in [-0.4, -0.2) is 60.6 Å². The Balaban J connectivity index is 2.00. The van der Waals surface area contributed by atoms with Crippen molar-refractivity contribution in [2.75, 3.05) is 11.9 Å². The van der Waals surface area contributed by atoms with Gasteiger partial charge in [0.1, 0.15) is 29.4 Å². The van der Waals surface area contributed by atoms with Gasteiger partial charge in [-0.2, -0.15) is 4.98 Å². The van der Waals surface area contributed by atoms with E-state index < -0.39 is 41.9 Å². The van der Waals surface area contributed by atoms with E-state index in [4.69, 9.17) is 4.74 Å². The van der Waals surface area contributed by atoms with Crippen LogP contribution in [0.2, 0.25) is 0 Å². The van der Waals surface area contributed by atoms with Crippen molar-refractivity contribution in [3.63, 3.8) is 0 Å². The van der Waals surface area contributed by atoms with Gasteiger partial charge in [0.05, 0.1) is 23.7 Å². The second-order valence-electron chi connectivity index (χ2n) is 6.15. The van der Waals surface area contributed by atoms with Crippen molar-refractivity contribution < 1.29 is 20.1 Å². The van der Waals surface area contributed by atoms with E-state index in [-0.39, 0.29) is 22.4 Å². The molecule has 1 saturated heterocycles. The highest BCUT2D eigenvalue weighted by molar-refractivity contribution is 6.05. The predicted molar refractivity (Wildman–Crippen MR) is 86.0 cm³/mol. The van der Waals surface area contributed by atoms with Gasteiger partial charge in [-0.15, -0.1) is 0 Å². The zero-order chi connectivity index (χ0) is 17.9. The van der Waals surface area contributed by atoms with E-state index in [1.165, 1.54) is 24.0 Å². The molecule has 5 N–H and O–H groups in total. The average molecular weight is 349 g/mol. The Morgan fingerprint density at radius 2 is 2.20 bits per heavy atom. The van der Waals surface area contributed by atoms with Gasteiger partial charge in [-0.05, 0) is 6.92 Å². The van der Waals surface area contributed by atoms with Crippen molar-refractivity contribution in [2.45, 2.75) is 31.0 Å². The van der Waals surface area contributed by atoms with Crippen LogP contribution in [0.5, 0.6) is 0 Å². The minimum atomic E-state index is -1.74. The van der Waals surface area contributed by atoms with Crippen molar-refractivity contribution in [2.24, 2.45) is 4.99 Å². The molecule has 4 heterocycles. The molecule has 0 radical (unpaired) electrons. The quantitative estimate of drug-likeness (QED) is 0.423. The van der Waals surface area contributed by atoms with Crippen LogP contribution < -0.4 is 16.6 Å². The Labute approximate surface area is 139 Å². The fraction of sp³-hybridized carbons (Fsp3) is 0.429. The molecule has 2 aliphatic rings. The molecule has 0 bridgehead atoms. The molecule has 0 unspecified atom stereocenters. The summed E-state index contributed by atoms with van der Waals surface area (Å²) in [6.07, 6.45) is -0.797. The molecular weight excluding hydrogens is 334 g/mol. The monoisotopic (exact) mass is 349 g/mol. The zero-order valence-electron chi connectivity index (χ0n) is 13.0. The summed E-state index contributed by atoms with van der Waals surface area (Å²) in [5.41, 5.74) is -3.23. The lowest BCUT2D eigenvalue weighted by molar-refractivity contribution is -0.0955. The second-order valence-corrected chi connectivity index (χ2v) is 6.15. The van der Waals surface area contributed by atoms with Gasteiger partial charge in [-0.1, -0.05) is 0 Å². The Morgan fingerprint density at radius 1 is 1.44 bits per heavy atom. The highest BCUT2D eigenvalue weighted by Crippen LogP contribution is 2.43. The number of anilines is 1. The highest BCUT2D eigenvalue weighted by Gasteiger charge is 2.53. The van der Waals surface area contributed by atoms with Crippen molar-refractivity contribution in [3.05, 3.63) is 27.0 Å². The van der Waals surface area contributed by atoms with E-state index in [0.29, 0.717) is 0 Å². The lowest BCUT2D eigenvalue weighted by atomic mass is 9.96. The number of aliphatic imine (C=N–C) groups is 1. The van der Waals surface area contributed by atoms with Gasteiger partial charge in [0.2, 0.25) is 0 Å². The maximum Gasteiger partial charge on any atom is 0.349 e. The molecule has 25 heavy (non-hydrogen) atoms. The summed E-state index contributed by atoms with van der Waals surface area (Å²) >= 11 is 0. The molecule has 11 nitrogen and oxygen atoms in total. The predicted octanol–water partition coefficient (Wildman–Crippen LogP) is -1.83. The van der Waals surface area contributed by atoms with Gasteiger partial charge in [0.15, 0.2) is 6.23 Å². The number of hydrogen-bond acceptors (Lipinski definition) is 9. The van der Waals surface area contributed by atoms with Gasteiger partial charge < -0.3 is 29.9 Å². The molecule has 1 fully saturated rings. The minimum Gasteiger partial charge on any atom is -0.394 e. The first-order valence-electron chi connectivity index (χ1n) is 7.49. The fourth-order valence-corrected chi connectivity index (χ4v) is 3.23. The number of rotatable bonds is 2. The first kappa shape index (κ1) is 15.9. The van der Waals surface area contributed by atoms with E-state index >= 15 is 0 Å². The number of nitrogens with zero attached hydrogens (tertiary/aromatic N) is 3. The number of aromatic nitrogens is 3. The maximum atomic E-state index is 12.2. The molecule has 132 valence electrons. The number of aliphatic hydroxyl groups excluding tert-OH is 2. The third-order valence-corrected chi connectivity index (χ3v) is 4.50. The second kappa shape index (κ2) is 5.20. The smallest absolute Gasteiger partial charge is 0.349 e. The van der Waals surface area contributed by atoms with Crippen molar-refractivity contribution in [1.29, 1.82) is 0 Å². The van der Waals surface area contributed by atoms with Crippen LogP contribution in [0.25, 0.3) is 10.8 Å². The first-order valence-corrected chi connectivity index (χ1v) is 7.49. The van der Waals surface area contributed by atoms with Crippen LogP contribution in [0.4, 0.5) is 11.6 Å². The fourth-order valence-electron chi connectivity index (χ4n) is 3.23. The van der Waals surface area contributed by atoms with Crippen molar-refractivity contribution in [3.8, 4) is 0 Å². The molecule has 0 spiro atoms. The van der Waals surface area contributed by atoms with Gasteiger partial charge in [-0.25, -0.2) is 9.79 Å². The number of aliphatic hydroxyl groups is 3. The summed E-state index contributed by atoms with van der Waals surface area (Å²) in [7, 11) is 0. The molecule has 0 aliphatic carbocycles. The van der Waals surface area contributed by atoms with Crippen LogP contribution in [0, 0.1) is 0 Å². The lowest BCUT2D eigenvalue weighted by Gasteiger charge is -2.28. The van der Waals surface area contributed by atoms with Crippen LogP contribution in [0.3, 0.4) is 0 Å². The molecule has 0 saturated carbocycles. The molecule has 2 aromatic heterocycles. The third-order valence-electron chi connectivity index (χ3n) is 4.50. The molecule has 0 amide bonds. The molecule has 0 aromatic carbocycles. The number of ether oxygens (including phenoxy) is 1. The van der Waals surface area contributed by atoms with E-state index in [1.54, 1.807) is 0 Å². The van der Waals surface area contributed by atoms with Gasteiger partial charge in [0, 0.05) is 6.20 Å². The molecule has 4 atom stereocenters. The number of aromatic amines is 1. The maximum absolute atomic E-state index is 12.2. The number of nitrogens with one attached hydrogen (secondary N) is 2. The first-order chi connectivity index (χ1) is 11.8. The Hall–Kier alpha value is -2.60. The standard InChI is InChI=1S/C14H15N5O6/c1-14(24)8(21)6(3-20)25-12(14)19-2-5-7-9(15-4-16-10(7)19)17-13(23)18-11(5)22/h2,4,6,8,12,20-21,24H,3H2,1H3,(H2,15,16,17,18,22,23)/t6-,8-,12-,14-/m1/s1. The highest BCUT2D eigenvalue weighted by atomic mass is 16.6. The summed E-state index contributed by atoms with van der Waals surface area (Å²) in [6.45, 7) is 0.871. The van der Waals surface area contributed by atoms with Crippen LogP contribution in [-0.2, 0) is 4.74 Å². The minimum absolute atomic E-state index is 0.116. The zero-order valence-corrected chi connectivity index (χ0v) is 13.0. The summed E-state index contributed by atoms with van der Waals surface area (Å²) in [4.78, 5) is 33.8. The molecular formula is C14H15N5O6. The van der Waals surface area contributed by atoms with Crippen molar-refractivity contribution in [1.82, 2.24) is 14.5 Å². The average Bonchev–Trinajstić information content (AvgIpc) is 3.00. The van der Waals surface area contributed by atoms with Gasteiger partial charge in [-0.3, -0.25) is 9.78 Å². The van der Waals surface area contributed by atoms with Crippen LogP contribution in [0.15, 0.2) is 20.8 Å². The summed E-state index contributed by atoms with van der Waals surface area (Å²) in [5, 5.41) is 33.2. The SMILES string of the molecule is C[C@@]1(O)[C@H](O)[C@@H](CO)O[C@H]1n1cc2c(=O)[nH]c(=O)nc3c2c1N=CN3. The summed E-state index contributed by atoms with van der Waals surface area (Å²) in [5.74, 6) is 0.368. The van der Waals surface area contributed by atoms with Crippen LogP contribution in [0.1, 0.15) is 13.2 Å². The van der Waals surface area contributed by atoms with Gasteiger partial charge in [0.25, 0.3) is 5.56 Å². The Kier molecular flexibility index (Phi) is 3.30. The summed E-state index contributed by atoms with van der Waals surface area (Å²) in [6, 6.07) is 0. The van der Waals surface area contributed by atoms with Gasteiger partial charge >= 0.3 is 5.69 Å². The third kappa shape index (κ3) is 2.14. The van der Waals surface area contributed by atoms with E-state index in [0.717, 1.165) is 0 Å². The molecule has 2 aromatic rings. The topological polar surface area (TPSA) is 162 Å². The van der Waals surface area contributed by atoms with E-state index in [9.17, 15) is 24.9 Å². The van der Waals surface area contributed by atoms with E-state index in [1.807, 2.05) is 0 Å². The van der Waals surface area contributed by atoms with E-state index in [2.05, 4.69) is 20.3 Å². The number of H-pyrrole nitrogens is 1. The molecule has 2 aliphatic heterocycles. The molecule has 11 heteroatoms. The van der Waals surface area contributed by atoms with Crippen molar-refractivity contribution >= 4 is 28.7 Å². The molecule has 4 rings (SSSR count). The lowest BCUT2D eigenvalue weighted by Crippen LogP contribution is -2.44. The van der Waals surface area contributed by atoms with Crippen LogP contribution >= 0.6 is 0 Å². The normalized spacial score (nSPS) is 30.6. The largest absolute Gasteiger partial charge is 0.394 e. The summed E-state index contributed by atoms with van der Waals surface area (Å²) < 4.78 is 6.95. The number of hydrogen-bond donors (Lipinski definition) is 5. The Morgan fingerprint density at radius 3 is 2.88 bits per heavy atom.